The second kappa shape index (κ2) is 5.68. The van der Waals surface area contributed by atoms with E-state index in [4.69, 9.17) is 4.74 Å². The molecule has 1 aromatic heterocycles. The van der Waals surface area contributed by atoms with Crippen molar-refractivity contribution in [3.8, 4) is 5.75 Å². The predicted octanol–water partition coefficient (Wildman–Crippen LogP) is 3.09. The maximum atomic E-state index is 5.12. The monoisotopic (exact) mass is 246 g/mol. The highest BCUT2D eigenvalue weighted by molar-refractivity contribution is 7.98. The van der Waals surface area contributed by atoms with Crippen LogP contribution in [0.1, 0.15) is 11.4 Å². The highest BCUT2D eigenvalue weighted by atomic mass is 32.2. The molecule has 0 fully saturated rings. The number of benzene rings is 1. The van der Waals surface area contributed by atoms with E-state index in [1.165, 1.54) is 5.56 Å². The molecule has 0 unspecified atom stereocenters. The molecule has 2 aromatic rings. The van der Waals surface area contributed by atoms with E-state index >= 15 is 0 Å². The Morgan fingerprint density at radius 3 is 2.35 bits per heavy atom. The average molecular weight is 246 g/mol. The van der Waals surface area contributed by atoms with Gasteiger partial charge in [0.05, 0.1) is 7.11 Å². The zero-order chi connectivity index (χ0) is 12.1. The Morgan fingerprint density at radius 1 is 1.12 bits per heavy atom. The van der Waals surface area contributed by atoms with Gasteiger partial charge in [0.25, 0.3) is 0 Å². The van der Waals surface area contributed by atoms with Crippen LogP contribution in [-0.2, 0) is 5.75 Å². The van der Waals surface area contributed by atoms with E-state index in [9.17, 15) is 0 Å². The van der Waals surface area contributed by atoms with Crippen LogP contribution < -0.4 is 4.74 Å². The summed E-state index contributed by atoms with van der Waals surface area (Å²) in [6, 6.07) is 8.09. The first kappa shape index (κ1) is 11.9. The molecule has 0 radical (unpaired) electrons. The summed E-state index contributed by atoms with van der Waals surface area (Å²) in [6.45, 7) is 1.89. The summed E-state index contributed by atoms with van der Waals surface area (Å²) in [5, 5.41) is 0. The van der Waals surface area contributed by atoms with E-state index in [1.54, 1.807) is 18.9 Å². The lowest BCUT2D eigenvalue weighted by Gasteiger charge is -2.03. The van der Waals surface area contributed by atoms with Gasteiger partial charge in [-0.1, -0.05) is 12.1 Å². The number of aryl methyl sites for hydroxylation is 1. The van der Waals surface area contributed by atoms with Crippen molar-refractivity contribution < 1.29 is 4.74 Å². The van der Waals surface area contributed by atoms with Crippen LogP contribution in [0.5, 0.6) is 5.75 Å². The maximum Gasteiger partial charge on any atom is 0.125 e. The van der Waals surface area contributed by atoms with E-state index in [0.717, 1.165) is 22.2 Å². The summed E-state index contributed by atoms with van der Waals surface area (Å²) in [5.41, 5.74) is 1.26. The van der Waals surface area contributed by atoms with Gasteiger partial charge in [0.15, 0.2) is 0 Å². The molecule has 0 aliphatic heterocycles. The fourth-order valence-electron chi connectivity index (χ4n) is 1.34. The first-order valence-corrected chi connectivity index (χ1v) is 6.31. The molecule has 0 aliphatic carbocycles. The molecule has 88 valence electrons. The number of thioether (sulfide) groups is 1. The number of hydrogen-bond donors (Lipinski definition) is 0. The summed E-state index contributed by atoms with van der Waals surface area (Å²) in [6.07, 6.45) is 3.72. The second-order valence-electron chi connectivity index (χ2n) is 3.60. The molecular weight excluding hydrogens is 232 g/mol. The quantitative estimate of drug-likeness (QED) is 0.777. The molecule has 0 saturated carbocycles. The lowest BCUT2D eigenvalue weighted by atomic mass is 10.2. The van der Waals surface area contributed by atoms with Crippen LogP contribution in [0.4, 0.5) is 0 Å². The van der Waals surface area contributed by atoms with Crippen molar-refractivity contribution in [1.82, 2.24) is 9.97 Å². The Hall–Kier alpha value is -1.55. The van der Waals surface area contributed by atoms with E-state index < -0.39 is 0 Å². The smallest absolute Gasteiger partial charge is 0.125 e. The number of aromatic nitrogens is 2. The molecule has 4 heteroatoms. The molecule has 0 spiro atoms. The van der Waals surface area contributed by atoms with Crippen LogP contribution in [-0.4, -0.2) is 17.1 Å². The fraction of sp³-hybridized carbons (Fsp3) is 0.231. The van der Waals surface area contributed by atoms with Crippen LogP contribution >= 0.6 is 11.8 Å². The molecular formula is C13H14N2OS. The summed E-state index contributed by atoms with van der Waals surface area (Å²) >= 11 is 1.73. The number of ether oxygens (including phenoxy) is 1. The summed E-state index contributed by atoms with van der Waals surface area (Å²) in [7, 11) is 1.67. The second-order valence-corrected chi connectivity index (χ2v) is 4.65. The lowest BCUT2D eigenvalue weighted by Crippen LogP contribution is -1.87. The standard InChI is InChI=1S/C13H14N2OS/c1-10-14-7-13(8-15-10)17-9-11-3-5-12(16-2)6-4-11/h3-8H,9H2,1-2H3. The minimum absolute atomic E-state index is 0.804. The maximum absolute atomic E-state index is 5.12. The van der Waals surface area contributed by atoms with Crippen molar-refractivity contribution in [1.29, 1.82) is 0 Å². The minimum Gasteiger partial charge on any atom is -0.497 e. The van der Waals surface area contributed by atoms with Crippen molar-refractivity contribution in [3.63, 3.8) is 0 Å². The van der Waals surface area contributed by atoms with Crippen molar-refractivity contribution in [3.05, 3.63) is 48.0 Å². The van der Waals surface area contributed by atoms with E-state index in [2.05, 4.69) is 22.1 Å². The third kappa shape index (κ3) is 3.46. The summed E-state index contributed by atoms with van der Waals surface area (Å²) in [5.74, 6) is 2.60. The molecule has 0 bridgehead atoms. The van der Waals surface area contributed by atoms with E-state index in [0.29, 0.717) is 0 Å². The van der Waals surface area contributed by atoms with E-state index in [-0.39, 0.29) is 0 Å². The van der Waals surface area contributed by atoms with Crippen LogP contribution in [0.3, 0.4) is 0 Å². The van der Waals surface area contributed by atoms with Crippen LogP contribution in [0, 0.1) is 6.92 Å². The number of nitrogens with zero attached hydrogens (tertiary/aromatic N) is 2. The average Bonchev–Trinajstić information content (AvgIpc) is 2.39. The van der Waals surface area contributed by atoms with Gasteiger partial charge >= 0.3 is 0 Å². The lowest BCUT2D eigenvalue weighted by molar-refractivity contribution is 0.414. The molecule has 0 aliphatic rings. The predicted molar refractivity (Wildman–Crippen MR) is 69.3 cm³/mol. The zero-order valence-electron chi connectivity index (χ0n) is 9.88. The summed E-state index contributed by atoms with van der Waals surface area (Å²) < 4.78 is 5.12. The Morgan fingerprint density at radius 2 is 1.76 bits per heavy atom. The highest BCUT2D eigenvalue weighted by Gasteiger charge is 1.98. The minimum atomic E-state index is 0.804. The fourth-order valence-corrected chi connectivity index (χ4v) is 2.12. The van der Waals surface area contributed by atoms with Crippen LogP contribution in [0.15, 0.2) is 41.6 Å². The topological polar surface area (TPSA) is 35.0 Å². The van der Waals surface area contributed by atoms with Crippen molar-refractivity contribution in [2.24, 2.45) is 0 Å². The van der Waals surface area contributed by atoms with Gasteiger partial charge in [0.1, 0.15) is 11.6 Å². The zero-order valence-corrected chi connectivity index (χ0v) is 10.7. The Bertz CT molecular complexity index is 468. The van der Waals surface area contributed by atoms with Crippen LogP contribution in [0.2, 0.25) is 0 Å². The normalized spacial score (nSPS) is 10.2. The molecule has 0 saturated heterocycles. The van der Waals surface area contributed by atoms with Gasteiger partial charge < -0.3 is 4.74 Å². The van der Waals surface area contributed by atoms with E-state index in [1.807, 2.05) is 31.5 Å². The molecule has 0 N–H and O–H groups in total. The molecule has 3 nitrogen and oxygen atoms in total. The molecule has 0 amide bonds. The largest absolute Gasteiger partial charge is 0.497 e. The first-order valence-electron chi connectivity index (χ1n) is 5.32. The molecule has 17 heavy (non-hydrogen) atoms. The molecule has 1 heterocycles. The van der Waals surface area contributed by atoms with Gasteiger partial charge in [-0.3, -0.25) is 0 Å². The Kier molecular flexibility index (Phi) is 3.98. The van der Waals surface area contributed by atoms with Gasteiger partial charge in [-0.25, -0.2) is 9.97 Å². The van der Waals surface area contributed by atoms with Crippen molar-refractivity contribution in [2.75, 3.05) is 7.11 Å². The Balaban J connectivity index is 1.95. The third-order valence-electron chi connectivity index (χ3n) is 2.32. The molecule has 2 rings (SSSR count). The van der Waals surface area contributed by atoms with Gasteiger partial charge in [-0.15, -0.1) is 11.8 Å². The van der Waals surface area contributed by atoms with Crippen LogP contribution in [0.25, 0.3) is 0 Å². The van der Waals surface area contributed by atoms with Gasteiger partial charge in [0.2, 0.25) is 0 Å². The van der Waals surface area contributed by atoms with Gasteiger partial charge in [-0.2, -0.15) is 0 Å². The third-order valence-corrected chi connectivity index (χ3v) is 3.34. The molecule has 1 aromatic carbocycles. The number of hydrogen-bond acceptors (Lipinski definition) is 4. The van der Waals surface area contributed by atoms with Gasteiger partial charge in [0, 0.05) is 23.0 Å². The SMILES string of the molecule is COc1ccc(CSc2cnc(C)nc2)cc1. The van der Waals surface area contributed by atoms with Crippen molar-refractivity contribution >= 4 is 11.8 Å². The molecule has 0 atom stereocenters. The van der Waals surface area contributed by atoms with Gasteiger partial charge in [-0.05, 0) is 24.6 Å². The highest BCUT2D eigenvalue weighted by Crippen LogP contribution is 2.22. The Labute approximate surface area is 105 Å². The summed E-state index contributed by atoms with van der Waals surface area (Å²) in [4.78, 5) is 9.42. The first-order chi connectivity index (χ1) is 8.28. The number of rotatable bonds is 4. The number of methoxy groups -OCH3 is 1. The van der Waals surface area contributed by atoms with Crippen molar-refractivity contribution in [2.45, 2.75) is 17.6 Å².